The number of carbonyl (C=O) groups excluding carboxylic acids is 1. The summed E-state index contributed by atoms with van der Waals surface area (Å²) in [6.45, 7) is 3.67. The molecular formula is C17H22Cl2N2O. The van der Waals surface area contributed by atoms with Crippen LogP contribution < -0.4 is 5.73 Å². The first-order valence-corrected chi connectivity index (χ1v) is 8.69. The topological polar surface area (TPSA) is 46.3 Å². The molecule has 0 radical (unpaired) electrons. The minimum atomic E-state index is -0.0753. The molecule has 4 atom stereocenters. The Kier molecular flexibility index (Phi) is 4.67. The van der Waals surface area contributed by atoms with Crippen molar-refractivity contribution in [3.8, 4) is 0 Å². The van der Waals surface area contributed by atoms with Crippen molar-refractivity contribution in [2.75, 3.05) is 13.1 Å². The van der Waals surface area contributed by atoms with Crippen LogP contribution in [-0.4, -0.2) is 29.9 Å². The summed E-state index contributed by atoms with van der Waals surface area (Å²) >= 11 is 12.1. The molecule has 3 nitrogen and oxygen atoms in total. The number of hydrogen-bond acceptors (Lipinski definition) is 2. The summed E-state index contributed by atoms with van der Waals surface area (Å²) in [7, 11) is 0. The fourth-order valence-electron chi connectivity index (χ4n) is 3.90. The standard InChI is InChI=1S/C17H22Cl2N2O/c1-10(6-11-2-4-13(18)7-15(11)19)17(22)21-8-12-3-5-16(20)14(12)9-21/h2,4,7,10,12,14,16H,3,5-6,8-9,20H2,1H3. The first-order valence-electron chi connectivity index (χ1n) is 7.94. The lowest BCUT2D eigenvalue weighted by molar-refractivity contribution is -0.134. The second kappa shape index (κ2) is 6.38. The van der Waals surface area contributed by atoms with Gasteiger partial charge in [-0.25, -0.2) is 0 Å². The maximum atomic E-state index is 12.7. The highest BCUT2D eigenvalue weighted by molar-refractivity contribution is 6.35. The molecule has 2 aliphatic rings. The highest BCUT2D eigenvalue weighted by atomic mass is 35.5. The number of carbonyl (C=O) groups is 1. The van der Waals surface area contributed by atoms with Gasteiger partial charge in [-0.15, -0.1) is 0 Å². The van der Waals surface area contributed by atoms with Crippen LogP contribution >= 0.6 is 23.2 Å². The van der Waals surface area contributed by atoms with Gasteiger partial charge in [-0.1, -0.05) is 36.2 Å². The van der Waals surface area contributed by atoms with E-state index in [0.29, 0.717) is 28.3 Å². The zero-order valence-electron chi connectivity index (χ0n) is 12.8. The highest BCUT2D eigenvalue weighted by Gasteiger charge is 2.43. The van der Waals surface area contributed by atoms with Crippen molar-refractivity contribution in [1.82, 2.24) is 4.90 Å². The summed E-state index contributed by atoms with van der Waals surface area (Å²) in [6, 6.07) is 5.72. The lowest BCUT2D eigenvalue weighted by Gasteiger charge is -2.23. The molecule has 0 aromatic heterocycles. The SMILES string of the molecule is CC(Cc1ccc(Cl)cc1Cl)C(=O)N1CC2CCC(N)C2C1. The van der Waals surface area contributed by atoms with Crippen LogP contribution in [0.25, 0.3) is 0 Å². The number of amides is 1. The van der Waals surface area contributed by atoms with E-state index in [1.165, 1.54) is 0 Å². The fraction of sp³-hybridized carbons (Fsp3) is 0.588. The molecule has 1 aromatic carbocycles. The van der Waals surface area contributed by atoms with Crippen LogP contribution in [-0.2, 0) is 11.2 Å². The molecule has 1 amide bonds. The third-order valence-electron chi connectivity index (χ3n) is 5.19. The van der Waals surface area contributed by atoms with Gasteiger partial charge in [0.2, 0.25) is 5.91 Å². The van der Waals surface area contributed by atoms with Gasteiger partial charge in [0, 0.05) is 35.1 Å². The van der Waals surface area contributed by atoms with Crippen molar-refractivity contribution in [3.63, 3.8) is 0 Å². The van der Waals surface area contributed by atoms with E-state index in [1.807, 2.05) is 24.0 Å². The quantitative estimate of drug-likeness (QED) is 0.916. The van der Waals surface area contributed by atoms with Crippen LogP contribution in [0.1, 0.15) is 25.3 Å². The van der Waals surface area contributed by atoms with Gasteiger partial charge < -0.3 is 10.6 Å². The third-order valence-corrected chi connectivity index (χ3v) is 5.77. The van der Waals surface area contributed by atoms with Crippen molar-refractivity contribution in [2.24, 2.45) is 23.5 Å². The number of benzene rings is 1. The second-order valence-corrected chi connectivity index (χ2v) is 7.59. The number of fused-ring (bicyclic) bond motifs is 1. The van der Waals surface area contributed by atoms with Gasteiger partial charge in [0.1, 0.15) is 0 Å². The molecule has 1 aromatic rings. The summed E-state index contributed by atoms with van der Waals surface area (Å²) in [5.74, 6) is 1.24. The van der Waals surface area contributed by atoms with Crippen molar-refractivity contribution in [2.45, 2.75) is 32.2 Å². The fourth-order valence-corrected chi connectivity index (χ4v) is 4.39. The maximum Gasteiger partial charge on any atom is 0.225 e. The Morgan fingerprint density at radius 3 is 2.82 bits per heavy atom. The Bertz CT molecular complexity index is 578. The molecule has 3 rings (SSSR count). The number of nitrogens with two attached hydrogens (primary N) is 1. The molecule has 1 saturated carbocycles. The lowest BCUT2D eigenvalue weighted by Crippen LogP contribution is -2.37. The summed E-state index contributed by atoms with van der Waals surface area (Å²) in [6.07, 6.45) is 2.91. The lowest BCUT2D eigenvalue weighted by atomic mass is 9.98. The molecule has 120 valence electrons. The van der Waals surface area contributed by atoms with Crippen LogP contribution in [0.2, 0.25) is 10.0 Å². The van der Waals surface area contributed by atoms with Crippen LogP contribution in [0.15, 0.2) is 18.2 Å². The average molecular weight is 341 g/mol. The van der Waals surface area contributed by atoms with Gasteiger partial charge in [0.25, 0.3) is 0 Å². The summed E-state index contributed by atoms with van der Waals surface area (Å²) in [4.78, 5) is 14.7. The number of rotatable bonds is 3. The van der Waals surface area contributed by atoms with E-state index in [4.69, 9.17) is 28.9 Å². The van der Waals surface area contributed by atoms with E-state index >= 15 is 0 Å². The van der Waals surface area contributed by atoms with Crippen molar-refractivity contribution < 1.29 is 4.79 Å². The van der Waals surface area contributed by atoms with Gasteiger partial charge in [0.05, 0.1) is 0 Å². The van der Waals surface area contributed by atoms with E-state index < -0.39 is 0 Å². The van der Waals surface area contributed by atoms with Gasteiger partial charge >= 0.3 is 0 Å². The normalized spacial score (nSPS) is 28.7. The van der Waals surface area contributed by atoms with Gasteiger partial charge in [-0.3, -0.25) is 4.79 Å². The zero-order valence-corrected chi connectivity index (χ0v) is 14.3. The molecule has 4 unspecified atom stereocenters. The largest absolute Gasteiger partial charge is 0.342 e. The van der Waals surface area contributed by atoms with E-state index in [9.17, 15) is 4.79 Å². The Hall–Kier alpha value is -0.770. The first kappa shape index (κ1) is 16.1. The first-order chi connectivity index (χ1) is 10.5. The van der Waals surface area contributed by atoms with Crippen molar-refractivity contribution in [3.05, 3.63) is 33.8 Å². The van der Waals surface area contributed by atoms with Gasteiger partial charge in [-0.05, 0) is 48.8 Å². The molecule has 1 aliphatic carbocycles. The van der Waals surface area contributed by atoms with Crippen LogP contribution in [0.4, 0.5) is 0 Å². The minimum Gasteiger partial charge on any atom is -0.342 e. The molecule has 0 bridgehead atoms. The smallest absolute Gasteiger partial charge is 0.225 e. The predicted octanol–water partition coefficient (Wildman–Crippen LogP) is 3.37. The summed E-state index contributed by atoms with van der Waals surface area (Å²) < 4.78 is 0. The number of halogens is 2. The average Bonchev–Trinajstić information content (AvgIpc) is 3.03. The Morgan fingerprint density at radius 1 is 1.36 bits per heavy atom. The highest BCUT2D eigenvalue weighted by Crippen LogP contribution is 2.37. The second-order valence-electron chi connectivity index (χ2n) is 6.75. The van der Waals surface area contributed by atoms with E-state index in [2.05, 4.69) is 0 Å². The predicted molar refractivity (Wildman–Crippen MR) is 90.1 cm³/mol. The number of nitrogens with zero attached hydrogens (tertiary/aromatic N) is 1. The number of hydrogen-bond donors (Lipinski definition) is 1. The Morgan fingerprint density at radius 2 is 2.14 bits per heavy atom. The third kappa shape index (κ3) is 3.12. The molecule has 5 heteroatoms. The Balaban J connectivity index is 1.63. The molecule has 2 fully saturated rings. The maximum absolute atomic E-state index is 12.7. The summed E-state index contributed by atoms with van der Waals surface area (Å²) in [5.41, 5.74) is 7.12. The molecule has 2 N–H and O–H groups in total. The van der Waals surface area contributed by atoms with Gasteiger partial charge in [0.15, 0.2) is 0 Å². The Labute approximate surface area is 141 Å². The molecule has 1 heterocycles. The monoisotopic (exact) mass is 340 g/mol. The van der Waals surface area contributed by atoms with Crippen LogP contribution in [0.3, 0.4) is 0 Å². The zero-order chi connectivity index (χ0) is 15.9. The molecule has 1 aliphatic heterocycles. The minimum absolute atomic E-state index is 0.0753. The molecule has 1 saturated heterocycles. The van der Waals surface area contributed by atoms with Crippen molar-refractivity contribution >= 4 is 29.1 Å². The van der Waals surface area contributed by atoms with Crippen LogP contribution in [0.5, 0.6) is 0 Å². The van der Waals surface area contributed by atoms with E-state index in [-0.39, 0.29) is 17.9 Å². The number of likely N-dealkylation sites (tertiary alicyclic amines) is 1. The summed E-state index contributed by atoms with van der Waals surface area (Å²) in [5, 5.41) is 1.25. The van der Waals surface area contributed by atoms with Crippen molar-refractivity contribution in [1.29, 1.82) is 0 Å². The van der Waals surface area contributed by atoms with E-state index in [0.717, 1.165) is 31.5 Å². The molecule has 0 spiro atoms. The van der Waals surface area contributed by atoms with Crippen LogP contribution in [0, 0.1) is 17.8 Å². The van der Waals surface area contributed by atoms with Gasteiger partial charge in [-0.2, -0.15) is 0 Å². The van der Waals surface area contributed by atoms with E-state index in [1.54, 1.807) is 6.07 Å². The molecule has 22 heavy (non-hydrogen) atoms. The molecular weight excluding hydrogens is 319 g/mol.